The first-order valence-electron chi connectivity index (χ1n) is 7.98. The summed E-state index contributed by atoms with van der Waals surface area (Å²) >= 11 is 4.49. The van der Waals surface area contributed by atoms with Gasteiger partial charge in [0.15, 0.2) is 4.34 Å². The molecule has 0 fully saturated rings. The van der Waals surface area contributed by atoms with E-state index in [1.165, 1.54) is 46.6 Å². The van der Waals surface area contributed by atoms with Gasteiger partial charge in [-0.05, 0) is 29.6 Å². The van der Waals surface area contributed by atoms with E-state index in [9.17, 15) is 13.2 Å². The van der Waals surface area contributed by atoms with E-state index in [1.54, 1.807) is 23.1 Å². The van der Waals surface area contributed by atoms with Crippen molar-refractivity contribution in [3.8, 4) is 0 Å². The van der Waals surface area contributed by atoms with Crippen LogP contribution < -0.4 is 10.0 Å². The fourth-order valence-corrected chi connectivity index (χ4v) is 5.64. The number of rotatable bonds is 9. The number of anilines is 1. The van der Waals surface area contributed by atoms with Crippen LogP contribution >= 0.6 is 34.4 Å². The summed E-state index contributed by atoms with van der Waals surface area (Å²) in [5, 5.41) is 13.1. The predicted octanol–water partition coefficient (Wildman–Crippen LogP) is 3.61. The third kappa shape index (κ3) is 5.49. The molecule has 7 nitrogen and oxygen atoms in total. The summed E-state index contributed by atoms with van der Waals surface area (Å²) in [4.78, 5) is 13.7. The molecule has 1 aromatic carbocycles. The summed E-state index contributed by atoms with van der Waals surface area (Å²) in [6.45, 7) is 3.58. The SMILES string of the molecule is C=CCNS(=O)(=O)c1cccc(C(=O)Nc2nnc(SCc3cccs3)s2)c1. The number of nitrogens with zero attached hydrogens (tertiary/aromatic N) is 2. The van der Waals surface area contributed by atoms with E-state index in [-0.39, 0.29) is 17.0 Å². The number of nitrogens with one attached hydrogen (secondary N) is 2. The summed E-state index contributed by atoms with van der Waals surface area (Å²) in [5.41, 5.74) is 0.212. The Morgan fingerprint density at radius 2 is 2.11 bits per heavy atom. The normalized spacial score (nSPS) is 11.3. The Kier molecular flexibility index (Phi) is 6.97. The third-order valence-corrected chi connectivity index (χ3v) is 7.87. The minimum absolute atomic E-state index is 0.00598. The Labute approximate surface area is 175 Å². The van der Waals surface area contributed by atoms with Gasteiger partial charge in [0.1, 0.15) is 0 Å². The van der Waals surface area contributed by atoms with Crippen molar-refractivity contribution < 1.29 is 13.2 Å². The fourth-order valence-electron chi connectivity index (χ4n) is 2.07. The molecule has 2 N–H and O–H groups in total. The van der Waals surface area contributed by atoms with Gasteiger partial charge in [-0.15, -0.1) is 28.1 Å². The van der Waals surface area contributed by atoms with Crippen LogP contribution in [0.4, 0.5) is 5.13 Å². The molecular formula is C17H16N4O3S4. The van der Waals surface area contributed by atoms with Gasteiger partial charge in [-0.25, -0.2) is 13.1 Å². The van der Waals surface area contributed by atoms with E-state index in [1.807, 2.05) is 17.5 Å². The number of hydrogen-bond acceptors (Lipinski definition) is 8. The highest BCUT2D eigenvalue weighted by Gasteiger charge is 2.16. The first-order valence-corrected chi connectivity index (χ1v) is 12.1. The molecule has 0 spiro atoms. The summed E-state index contributed by atoms with van der Waals surface area (Å²) in [6.07, 6.45) is 1.44. The lowest BCUT2D eigenvalue weighted by Crippen LogP contribution is -2.24. The highest BCUT2D eigenvalue weighted by molar-refractivity contribution is 8.00. The number of benzene rings is 1. The molecule has 11 heteroatoms. The minimum Gasteiger partial charge on any atom is -0.296 e. The Morgan fingerprint density at radius 1 is 1.25 bits per heavy atom. The third-order valence-electron chi connectivity index (χ3n) is 3.37. The minimum atomic E-state index is -3.71. The van der Waals surface area contributed by atoms with Crippen molar-refractivity contribution in [2.45, 2.75) is 15.0 Å². The molecule has 1 amide bonds. The number of thiophene rings is 1. The van der Waals surface area contributed by atoms with Gasteiger partial charge in [0, 0.05) is 22.7 Å². The van der Waals surface area contributed by atoms with Crippen molar-refractivity contribution in [2.24, 2.45) is 0 Å². The number of sulfonamides is 1. The van der Waals surface area contributed by atoms with Gasteiger partial charge in [-0.1, -0.05) is 41.3 Å². The van der Waals surface area contributed by atoms with Crippen LogP contribution in [0, 0.1) is 0 Å². The lowest BCUT2D eigenvalue weighted by atomic mass is 10.2. The molecule has 146 valence electrons. The number of thioether (sulfide) groups is 1. The molecule has 0 atom stereocenters. The average Bonchev–Trinajstić information content (AvgIpc) is 3.37. The summed E-state index contributed by atoms with van der Waals surface area (Å²) in [7, 11) is -3.71. The van der Waals surface area contributed by atoms with Crippen LogP contribution in [0.15, 0.2) is 63.7 Å². The number of hydrogen-bond donors (Lipinski definition) is 2. The van der Waals surface area contributed by atoms with Gasteiger partial charge >= 0.3 is 0 Å². The zero-order valence-electron chi connectivity index (χ0n) is 14.5. The predicted molar refractivity (Wildman–Crippen MR) is 114 cm³/mol. The van der Waals surface area contributed by atoms with Crippen molar-refractivity contribution in [2.75, 3.05) is 11.9 Å². The van der Waals surface area contributed by atoms with Crippen LogP contribution in [-0.4, -0.2) is 31.1 Å². The molecule has 0 radical (unpaired) electrons. The summed E-state index contributed by atoms with van der Waals surface area (Å²) in [6, 6.07) is 9.83. The molecule has 3 rings (SSSR count). The van der Waals surface area contributed by atoms with Gasteiger partial charge in [0.2, 0.25) is 15.2 Å². The van der Waals surface area contributed by atoms with Crippen molar-refractivity contribution in [1.29, 1.82) is 0 Å². The van der Waals surface area contributed by atoms with Crippen LogP contribution in [0.3, 0.4) is 0 Å². The molecule has 0 saturated heterocycles. The largest absolute Gasteiger partial charge is 0.296 e. The van der Waals surface area contributed by atoms with Crippen molar-refractivity contribution in [1.82, 2.24) is 14.9 Å². The Balaban J connectivity index is 1.65. The van der Waals surface area contributed by atoms with E-state index in [4.69, 9.17) is 0 Å². The van der Waals surface area contributed by atoms with E-state index >= 15 is 0 Å². The zero-order valence-corrected chi connectivity index (χ0v) is 17.8. The zero-order chi connectivity index (χ0) is 20.0. The quantitative estimate of drug-likeness (QED) is 0.292. The van der Waals surface area contributed by atoms with Crippen LogP contribution in [0.25, 0.3) is 0 Å². The number of carbonyl (C=O) groups is 1. The Hall–Kier alpha value is -2.05. The molecule has 2 aromatic heterocycles. The second-order valence-corrected chi connectivity index (χ2v) is 10.4. The number of carbonyl (C=O) groups excluding carboxylic acids is 1. The van der Waals surface area contributed by atoms with Crippen molar-refractivity contribution >= 4 is 55.5 Å². The van der Waals surface area contributed by atoms with Gasteiger partial charge in [-0.2, -0.15) is 0 Å². The van der Waals surface area contributed by atoms with Gasteiger partial charge in [0.05, 0.1) is 4.90 Å². The lowest BCUT2D eigenvalue weighted by Gasteiger charge is -2.06. The molecule has 0 aliphatic heterocycles. The molecule has 3 aromatic rings. The first-order chi connectivity index (χ1) is 13.5. The van der Waals surface area contributed by atoms with Crippen molar-refractivity contribution in [3.05, 3.63) is 64.9 Å². The van der Waals surface area contributed by atoms with Gasteiger partial charge < -0.3 is 0 Å². The van der Waals surface area contributed by atoms with E-state index in [0.29, 0.717) is 5.13 Å². The molecule has 0 saturated carbocycles. The maximum Gasteiger partial charge on any atom is 0.257 e. The highest BCUT2D eigenvalue weighted by atomic mass is 32.2. The summed E-state index contributed by atoms with van der Waals surface area (Å²) < 4.78 is 27.5. The number of aromatic nitrogens is 2. The molecular weight excluding hydrogens is 436 g/mol. The van der Waals surface area contributed by atoms with Crippen LogP contribution in [-0.2, 0) is 15.8 Å². The maximum absolute atomic E-state index is 12.5. The van der Waals surface area contributed by atoms with Crippen LogP contribution in [0.1, 0.15) is 15.2 Å². The standard InChI is InChI=1S/C17H16N4O3S4/c1-2-8-18-28(23,24)14-7-3-5-12(10-14)15(22)19-16-20-21-17(27-16)26-11-13-6-4-9-25-13/h2-7,9-10,18H,1,8,11H2,(H,19,20,22). The van der Waals surface area contributed by atoms with Crippen LogP contribution in [0.5, 0.6) is 0 Å². The lowest BCUT2D eigenvalue weighted by molar-refractivity contribution is 0.102. The molecule has 0 bridgehead atoms. The highest BCUT2D eigenvalue weighted by Crippen LogP contribution is 2.29. The van der Waals surface area contributed by atoms with Crippen LogP contribution in [0.2, 0.25) is 0 Å². The average molecular weight is 453 g/mol. The molecule has 0 unspecified atom stereocenters. The smallest absolute Gasteiger partial charge is 0.257 e. The summed E-state index contributed by atoms with van der Waals surface area (Å²) in [5.74, 6) is 0.337. The molecule has 0 aliphatic rings. The molecule has 0 aliphatic carbocycles. The monoisotopic (exact) mass is 452 g/mol. The van der Waals surface area contributed by atoms with Gasteiger partial charge in [0.25, 0.3) is 5.91 Å². The maximum atomic E-state index is 12.5. The second-order valence-electron chi connectivity index (χ2n) is 5.36. The van der Waals surface area contributed by atoms with Gasteiger partial charge in [-0.3, -0.25) is 10.1 Å². The Morgan fingerprint density at radius 3 is 2.86 bits per heavy atom. The Bertz CT molecular complexity index is 1060. The second kappa shape index (κ2) is 9.43. The fraction of sp³-hybridized carbons (Fsp3) is 0.118. The molecule has 2 heterocycles. The molecule has 28 heavy (non-hydrogen) atoms. The first kappa shape index (κ1) is 20.7. The number of amides is 1. The van der Waals surface area contributed by atoms with Crippen molar-refractivity contribution in [3.63, 3.8) is 0 Å². The van der Waals surface area contributed by atoms with E-state index in [0.717, 1.165) is 10.1 Å². The van der Waals surface area contributed by atoms with E-state index < -0.39 is 15.9 Å². The van der Waals surface area contributed by atoms with E-state index in [2.05, 4.69) is 26.8 Å². The topological polar surface area (TPSA) is 101 Å².